The third-order valence-electron chi connectivity index (χ3n) is 3.95. The van der Waals surface area contributed by atoms with Crippen LogP contribution in [0.4, 0.5) is 0 Å². The normalized spacial score (nSPS) is 23.0. The minimum Gasteiger partial charge on any atom is -0.298 e. The molecule has 0 N–H and O–H groups in total. The van der Waals surface area contributed by atoms with Crippen LogP contribution in [0, 0.1) is 11.3 Å². The first kappa shape index (κ1) is 14.3. The summed E-state index contributed by atoms with van der Waals surface area (Å²) >= 11 is 7.49. The molecule has 0 aliphatic carbocycles. The van der Waals surface area contributed by atoms with E-state index in [0.29, 0.717) is 9.88 Å². The molecule has 2 nitrogen and oxygen atoms in total. The first-order valence-corrected chi connectivity index (χ1v) is 7.97. The number of thiazole rings is 1. The molecule has 0 bridgehead atoms. The average molecular weight is 287 g/mol. The van der Waals surface area contributed by atoms with E-state index in [0.717, 1.165) is 12.5 Å². The highest BCUT2D eigenvalue weighted by atomic mass is 35.5. The van der Waals surface area contributed by atoms with Crippen LogP contribution in [0.3, 0.4) is 0 Å². The third-order valence-corrected chi connectivity index (χ3v) is 5.05. The summed E-state index contributed by atoms with van der Waals surface area (Å²) in [7, 11) is 0. The molecule has 102 valence electrons. The number of hydrogen-bond donors (Lipinski definition) is 0. The molecule has 0 spiro atoms. The SMILES string of the molecule is CC(C)(C)C1CCCN(Cc2cnc(Cl)s2)CC1. The monoisotopic (exact) mass is 286 g/mol. The van der Waals surface area contributed by atoms with Gasteiger partial charge in [-0.3, -0.25) is 4.90 Å². The fraction of sp³-hybridized carbons (Fsp3) is 0.786. The standard InChI is InChI=1S/C14H23ClN2S/c1-14(2,3)11-5-4-7-17(8-6-11)10-12-9-16-13(15)18-12/h9,11H,4-8,10H2,1-3H3. The van der Waals surface area contributed by atoms with Gasteiger partial charge < -0.3 is 0 Å². The van der Waals surface area contributed by atoms with Crippen LogP contribution in [0.5, 0.6) is 0 Å². The van der Waals surface area contributed by atoms with Gasteiger partial charge in [-0.1, -0.05) is 32.4 Å². The Balaban J connectivity index is 1.89. The Morgan fingerprint density at radius 2 is 2.17 bits per heavy atom. The quantitative estimate of drug-likeness (QED) is 0.799. The van der Waals surface area contributed by atoms with Crippen molar-refractivity contribution in [3.63, 3.8) is 0 Å². The van der Waals surface area contributed by atoms with E-state index < -0.39 is 0 Å². The molecule has 0 aromatic carbocycles. The third kappa shape index (κ3) is 3.94. The Morgan fingerprint density at radius 1 is 1.39 bits per heavy atom. The van der Waals surface area contributed by atoms with Crippen molar-refractivity contribution in [2.45, 2.75) is 46.6 Å². The molecule has 0 amide bonds. The van der Waals surface area contributed by atoms with Gasteiger partial charge in [0.2, 0.25) is 0 Å². The molecule has 1 saturated heterocycles. The summed E-state index contributed by atoms with van der Waals surface area (Å²) in [6.45, 7) is 10.5. The van der Waals surface area contributed by atoms with E-state index in [2.05, 4.69) is 30.7 Å². The summed E-state index contributed by atoms with van der Waals surface area (Å²) in [6, 6.07) is 0. The minimum atomic E-state index is 0.448. The van der Waals surface area contributed by atoms with E-state index >= 15 is 0 Å². The molecule has 4 heteroatoms. The zero-order chi connectivity index (χ0) is 13.2. The van der Waals surface area contributed by atoms with Crippen molar-refractivity contribution in [1.29, 1.82) is 0 Å². The van der Waals surface area contributed by atoms with E-state index in [1.165, 1.54) is 37.2 Å². The number of rotatable bonds is 2. The molecule has 2 rings (SSSR count). The molecule has 0 saturated carbocycles. The Hall–Kier alpha value is -0.120. The topological polar surface area (TPSA) is 16.1 Å². The van der Waals surface area contributed by atoms with Crippen molar-refractivity contribution < 1.29 is 0 Å². The molecule has 1 aliphatic heterocycles. The smallest absolute Gasteiger partial charge is 0.183 e. The van der Waals surface area contributed by atoms with Crippen LogP contribution >= 0.6 is 22.9 Å². The molecule has 18 heavy (non-hydrogen) atoms. The minimum absolute atomic E-state index is 0.448. The van der Waals surface area contributed by atoms with Gasteiger partial charge in [-0.25, -0.2) is 4.98 Å². The van der Waals surface area contributed by atoms with Gasteiger partial charge in [0.25, 0.3) is 0 Å². The second kappa shape index (κ2) is 5.89. The highest BCUT2D eigenvalue weighted by Crippen LogP contribution is 2.34. The molecule has 1 fully saturated rings. The Labute approximate surface area is 119 Å². The van der Waals surface area contributed by atoms with Gasteiger partial charge in [0.1, 0.15) is 0 Å². The van der Waals surface area contributed by atoms with E-state index in [1.807, 2.05) is 6.20 Å². The van der Waals surface area contributed by atoms with Gasteiger partial charge in [-0.05, 0) is 43.7 Å². The maximum absolute atomic E-state index is 5.88. The number of aromatic nitrogens is 1. The second-order valence-electron chi connectivity index (χ2n) is 6.35. The van der Waals surface area contributed by atoms with Gasteiger partial charge in [0.15, 0.2) is 4.47 Å². The predicted molar refractivity (Wildman–Crippen MR) is 79.2 cm³/mol. The van der Waals surface area contributed by atoms with Crippen molar-refractivity contribution in [2.24, 2.45) is 11.3 Å². The van der Waals surface area contributed by atoms with E-state index in [9.17, 15) is 0 Å². The number of hydrogen-bond acceptors (Lipinski definition) is 3. The van der Waals surface area contributed by atoms with Crippen LogP contribution < -0.4 is 0 Å². The number of likely N-dealkylation sites (tertiary alicyclic amines) is 1. The van der Waals surface area contributed by atoms with Crippen LogP contribution in [0.15, 0.2) is 6.20 Å². The summed E-state index contributed by atoms with van der Waals surface area (Å²) in [5.74, 6) is 0.854. The fourth-order valence-corrected chi connectivity index (χ4v) is 3.78. The molecule has 1 aromatic rings. The summed E-state index contributed by atoms with van der Waals surface area (Å²) in [4.78, 5) is 7.95. The van der Waals surface area contributed by atoms with E-state index in [4.69, 9.17) is 11.6 Å². The number of halogens is 1. The number of nitrogens with zero attached hydrogens (tertiary/aromatic N) is 2. The molecule has 1 aromatic heterocycles. The van der Waals surface area contributed by atoms with Crippen molar-refractivity contribution in [2.75, 3.05) is 13.1 Å². The molecular formula is C14H23ClN2S. The Bertz CT molecular complexity index is 383. The van der Waals surface area contributed by atoms with E-state index in [-0.39, 0.29) is 0 Å². The van der Waals surface area contributed by atoms with Gasteiger partial charge in [0.05, 0.1) is 0 Å². The van der Waals surface area contributed by atoms with Crippen LogP contribution in [0.25, 0.3) is 0 Å². The summed E-state index contributed by atoms with van der Waals surface area (Å²) in [5, 5.41) is 0. The zero-order valence-corrected chi connectivity index (χ0v) is 13.2. The second-order valence-corrected chi connectivity index (χ2v) is 8.05. The van der Waals surface area contributed by atoms with Crippen molar-refractivity contribution in [3.05, 3.63) is 15.5 Å². The highest BCUT2D eigenvalue weighted by Gasteiger charge is 2.27. The van der Waals surface area contributed by atoms with Crippen molar-refractivity contribution in [3.8, 4) is 0 Å². The first-order valence-electron chi connectivity index (χ1n) is 6.78. The predicted octanol–water partition coefficient (Wildman–Crippen LogP) is 4.44. The lowest BCUT2D eigenvalue weighted by Crippen LogP contribution is -2.25. The molecular weight excluding hydrogens is 264 g/mol. The van der Waals surface area contributed by atoms with E-state index in [1.54, 1.807) is 11.3 Å². The van der Waals surface area contributed by atoms with Crippen LogP contribution in [-0.2, 0) is 6.54 Å². The molecule has 1 aliphatic rings. The molecule has 1 atom stereocenters. The largest absolute Gasteiger partial charge is 0.298 e. The van der Waals surface area contributed by atoms with Gasteiger partial charge in [-0.2, -0.15) is 0 Å². The fourth-order valence-electron chi connectivity index (χ4n) is 2.76. The summed E-state index contributed by atoms with van der Waals surface area (Å²) in [5.41, 5.74) is 0.448. The van der Waals surface area contributed by atoms with Crippen molar-refractivity contribution in [1.82, 2.24) is 9.88 Å². The molecule has 2 heterocycles. The summed E-state index contributed by atoms with van der Waals surface area (Å²) in [6.07, 6.45) is 5.91. The highest BCUT2D eigenvalue weighted by molar-refractivity contribution is 7.15. The van der Waals surface area contributed by atoms with Gasteiger partial charge in [-0.15, -0.1) is 11.3 Å². The lowest BCUT2D eigenvalue weighted by atomic mass is 9.77. The molecule has 1 unspecified atom stereocenters. The Morgan fingerprint density at radius 3 is 2.78 bits per heavy atom. The maximum Gasteiger partial charge on any atom is 0.183 e. The molecule has 0 radical (unpaired) electrons. The maximum atomic E-state index is 5.88. The lowest BCUT2D eigenvalue weighted by molar-refractivity contribution is 0.207. The van der Waals surface area contributed by atoms with Gasteiger partial charge >= 0.3 is 0 Å². The lowest BCUT2D eigenvalue weighted by Gasteiger charge is -2.29. The first-order chi connectivity index (χ1) is 8.45. The van der Waals surface area contributed by atoms with Crippen LogP contribution in [0.1, 0.15) is 44.9 Å². The summed E-state index contributed by atoms with van der Waals surface area (Å²) < 4.78 is 0.660. The van der Waals surface area contributed by atoms with Crippen molar-refractivity contribution >= 4 is 22.9 Å². The van der Waals surface area contributed by atoms with Crippen LogP contribution in [0.2, 0.25) is 4.47 Å². The Kier molecular flexibility index (Phi) is 4.68. The van der Waals surface area contributed by atoms with Crippen LogP contribution in [-0.4, -0.2) is 23.0 Å². The zero-order valence-electron chi connectivity index (χ0n) is 11.6. The van der Waals surface area contributed by atoms with Gasteiger partial charge in [0, 0.05) is 17.6 Å². The average Bonchev–Trinajstić information content (AvgIpc) is 2.53.